The summed E-state index contributed by atoms with van der Waals surface area (Å²) in [6, 6.07) is 12.2. The Morgan fingerprint density at radius 1 is 1.24 bits per heavy atom. The van der Waals surface area contributed by atoms with Crippen molar-refractivity contribution in [3.63, 3.8) is 0 Å². The molecule has 3 aromatic rings. The van der Waals surface area contributed by atoms with Crippen LogP contribution < -0.4 is 10.2 Å². The van der Waals surface area contributed by atoms with Crippen LogP contribution in [0.2, 0.25) is 0 Å². The van der Waals surface area contributed by atoms with Gasteiger partial charge < -0.3 is 15.2 Å². The number of carbonyl (C=O) groups excluding carboxylic acids is 1. The van der Waals surface area contributed by atoms with Gasteiger partial charge in [0.05, 0.1) is 37.8 Å². The van der Waals surface area contributed by atoms with E-state index in [1.54, 1.807) is 23.7 Å². The monoisotopic (exact) mass is 471 g/mol. The van der Waals surface area contributed by atoms with Crippen molar-refractivity contribution >= 4 is 11.8 Å². The molecule has 1 atom stereocenters. The van der Waals surface area contributed by atoms with Crippen LogP contribution >= 0.6 is 0 Å². The predicted molar refractivity (Wildman–Crippen MR) is 122 cm³/mol. The van der Waals surface area contributed by atoms with Crippen molar-refractivity contribution in [2.24, 2.45) is 0 Å². The summed E-state index contributed by atoms with van der Waals surface area (Å²) in [6.45, 7) is 2.99. The van der Waals surface area contributed by atoms with E-state index in [1.165, 1.54) is 11.0 Å². The zero-order valence-electron chi connectivity index (χ0n) is 18.9. The fourth-order valence-corrected chi connectivity index (χ4v) is 3.87. The second kappa shape index (κ2) is 10.7. The summed E-state index contributed by atoms with van der Waals surface area (Å²) in [7, 11) is 0. The standard InChI is InChI=1S/C24H27F2N5O3/c1-16-23(15-32)28-29-31(16)14-20-13-30(24(33)34-20)19-7-8-21(22(26)11-19)18-5-3-17(4-6-18)12-27-10-2-9-25/h3-8,11,20,27,32H,2,9-10,12-15H2,1H3/t20-/m1/s1. The van der Waals surface area contributed by atoms with E-state index in [4.69, 9.17) is 4.74 Å². The molecule has 4 rings (SSSR count). The molecular formula is C24H27F2N5O3. The molecule has 1 aliphatic rings. The van der Waals surface area contributed by atoms with E-state index in [-0.39, 0.29) is 26.4 Å². The van der Waals surface area contributed by atoms with Gasteiger partial charge in [-0.25, -0.2) is 13.9 Å². The first-order valence-corrected chi connectivity index (χ1v) is 11.1. The number of rotatable bonds is 10. The number of anilines is 1. The molecule has 0 unspecified atom stereocenters. The molecule has 1 saturated heterocycles. The average Bonchev–Trinajstić information content (AvgIpc) is 3.39. The third-order valence-corrected chi connectivity index (χ3v) is 5.82. The van der Waals surface area contributed by atoms with Crippen molar-refractivity contribution in [2.45, 2.75) is 39.1 Å². The minimum Gasteiger partial charge on any atom is -0.442 e. The van der Waals surface area contributed by atoms with E-state index < -0.39 is 18.0 Å². The Hall–Kier alpha value is -3.37. The maximum Gasteiger partial charge on any atom is 0.414 e. The number of hydrogen-bond acceptors (Lipinski definition) is 6. The van der Waals surface area contributed by atoms with Crippen LogP contribution in [0.15, 0.2) is 42.5 Å². The third-order valence-electron chi connectivity index (χ3n) is 5.82. The molecule has 1 amide bonds. The van der Waals surface area contributed by atoms with E-state index in [0.29, 0.717) is 42.1 Å². The van der Waals surface area contributed by atoms with Gasteiger partial charge in [-0.3, -0.25) is 9.29 Å². The molecule has 1 aromatic heterocycles. The smallest absolute Gasteiger partial charge is 0.414 e. The molecule has 2 heterocycles. The van der Waals surface area contributed by atoms with E-state index in [0.717, 1.165) is 11.1 Å². The molecule has 0 spiro atoms. The number of nitrogens with zero attached hydrogens (tertiary/aromatic N) is 4. The zero-order valence-corrected chi connectivity index (χ0v) is 18.9. The van der Waals surface area contributed by atoms with Crippen LogP contribution in [0, 0.1) is 12.7 Å². The summed E-state index contributed by atoms with van der Waals surface area (Å²) in [4.78, 5) is 13.8. The lowest BCUT2D eigenvalue weighted by atomic mass is 10.0. The number of alkyl halides is 1. The van der Waals surface area contributed by atoms with Crippen LogP contribution in [0.25, 0.3) is 11.1 Å². The zero-order chi connectivity index (χ0) is 24.1. The van der Waals surface area contributed by atoms with E-state index >= 15 is 0 Å². The van der Waals surface area contributed by atoms with Gasteiger partial charge in [0.1, 0.15) is 17.6 Å². The first kappa shape index (κ1) is 23.8. The number of aromatic nitrogens is 3. The average molecular weight is 472 g/mol. The highest BCUT2D eigenvalue weighted by molar-refractivity contribution is 5.90. The van der Waals surface area contributed by atoms with Crippen LogP contribution in [0.5, 0.6) is 0 Å². The Bertz CT molecular complexity index is 1140. The molecule has 0 radical (unpaired) electrons. The Kier molecular flexibility index (Phi) is 7.49. The van der Waals surface area contributed by atoms with Gasteiger partial charge in [0.15, 0.2) is 0 Å². The molecular weight excluding hydrogens is 444 g/mol. The first-order valence-electron chi connectivity index (χ1n) is 11.1. The van der Waals surface area contributed by atoms with Crippen LogP contribution in [0.3, 0.4) is 0 Å². The topological polar surface area (TPSA) is 92.5 Å². The van der Waals surface area contributed by atoms with Gasteiger partial charge in [0, 0.05) is 12.1 Å². The van der Waals surface area contributed by atoms with Crippen molar-refractivity contribution in [1.82, 2.24) is 20.3 Å². The van der Waals surface area contributed by atoms with Crippen molar-refractivity contribution in [3.05, 3.63) is 65.2 Å². The van der Waals surface area contributed by atoms with Crippen LogP contribution in [0.4, 0.5) is 19.3 Å². The predicted octanol–water partition coefficient (Wildman–Crippen LogP) is 3.36. The van der Waals surface area contributed by atoms with Crippen LogP contribution in [0.1, 0.15) is 23.4 Å². The van der Waals surface area contributed by atoms with E-state index in [1.807, 2.05) is 24.3 Å². The summed E-state index contributed by atoms with van der Waals surface area (Å²) in [5, 5.41) is 20.3. The van der Waals surface area contributed by atoms with Gasteiger partial charge in [-0.15, -0.1) is 5.10 Å². The molecule has 0 bridgehead atoms. The SMILES string of the molecule is Cc1c(CO)nnn1C[C@H]1CN(c2ccc(-c3ccc(CNCCCF)cc3)c(F)c2)C(=O)O1. The maximum absolute atomic E-state index is 15.0. The fourth-order valence-electron chi connectivity index (χ4n) is 3.87. The molecule has 0 aliphatic carbocycles. The van der Waals surface area contributed by atoms with Gasteiger partial charge in [-0.1, -0.05) is 29.5 Å². The van der Waals surface area contributed by atoms with E-state index in [9.17, 15) is 18.7 Å². The lowest BCUT2D eigenvalue weighted by Crippen LogP contribution is -2.26. The fraction of sp³-hybridized carbons (Fsp3) is 0.375. The lowest BCUT2D eigenvalue weighted by molar-refractivity contribution is 0.128. The van der Waals surface area contributed by atoms with Crippen molar-refractivity contribution in [2.75, 3.05) is 24.7 Å². The minimum absolute atomic E-state index is 0.214. The number of amides is 1. The number of halogens is 2. The number of aliphatic hydroxyl groups is 1. The van der Waals surface area contributed by atoms with Gasteiger partial charge in [-0.05, 0) is 49.2 Å². The molecule has 2 N–H and O–H groups in total. The van der Waals surface area contributed by atoms with Crippen molar-refractivity contribution < 1.29 is 23.4 Å². The second-order valence-corrected chi connectivity index (χ2v) is 8.16. The molecule has 1 fully saturated rings. The molecule has 10 heteroatoms. The number of nitrogens with one attached hydrogen (secondary N) is 1. The van der Waals surface area contributed by atoms with Crippen LogP contribution in [-0.2, 0) is 24.4 Å². The van der Waals surface area contributed by atoms with Crippen molar-refractivity contribution in [3.8, 4) is 11.1 Å². The normalized spacial score (nSPS) is 15.7. The summed E-state index contributed by atoms with van der Waals surface area (Å²) in [5.41, 5.74) is 3.77. The third kappa shape index (κ3) is 5.23. The highest BCUT2D eigenvalue weighted by Crippen LogP contribution is 2.29. The number of hydrogen-bond donors (Lipinski definition) is 2. The Balaban J connectivity index is 1.41. The summed E-state index contributed by atoms with van der Waals surface area (Å²) >= 11 is 0. The molecule has 1 aliphatic heterocycles. The first-order chi connectivity index (χ1) is 16.5. The van der Waals surface area contributed by atoms with Crippen molar-refractivity contribution in [1.29, 1.82) is 0 Å². The summed E-state index contributed by atoms with van der Waals surface area (Å²) in [5.74, 6) is -0.442. The quantitative estimate of drug-likeness (QED) is 0.441. The maximum atomic E-state index is 15.0. The molecule has 8 nitrogen and oxygen atoms in total. The molecule has 0 saturated carbocycles. The van der Waals surface area contributed by atoms with Gasteiger partial charge in [-0.2, -0.15) is 0 Å². The van der Waals surface area contributed by atoms with Gasteiger partial charge >= 0.3 is 6.09 Å². The molecule has 180 valence electrons. The number of ether oxygens (including phenoxy) is 1. The number of carbonyl (C=O) groups is 1. The summed E-state index contributed by atoms with van der Waals surface area (Å²) < 4.78 is 34.1. The Morgan fingerprint density at radius 2 is 2.03 bits per heavy atom. The Labute approximate surface area is 196 Å². The largest absolute Gasteiger partial charge is 0.442 e. The highest BCUT2D eigenvalue weighted by atomic mass is 19.1. The second-order valence-electron chi connectivity index (χ2n) is 8.16. The lowest BCUT2D eigenvalue weighted by Gasteiger charge is -2.15. The molecule has 2 aromatic carbocycles. The number of cyclic esters (lactones) is 1. The highest BCUT2D eigenvalue weighted by Gasteiger charge is 2.33. The van der Waals surface area contributed by atoms with Gasteiger partial charge in [0.25, 0.3) is 0 Å². The van der Waals surface area contributed by atoms with Gasteiger partial charge in [0.2, 0.25) is 0 Å². The van der Waals surface area contributed by atoms with E-state index in [2.05, 4.69) is 15.6 Å². The Morgan fingerprint density at radius 3 is 2.71 bits per heavy atom. The van der Waals surface area contributed by atoms with Crippen LogP contribution in [-0.4, -0.2) is 52.1 Å². The number of benzene rings is 2. The molecule has 34 heavy (non-hydrogen) atoms. The number of aliphatic hydroxyl groups excluding tert-OH is 1. The summed E-state index contributed by atoms with van der Waals surface area (Å²) in [6.07, 6.45) is -0.554. The minimum atomic E-state index is -0.554.